The fourth-order valence-electron chi connectivity index (χ4n) is 3.70. The van der Waals surface area contributed by atoms with Gasteiger partial charge in [0, 0.05) is 38.6 Å². The first-order valence-corrected chi connectivity index (χ1v) is 10.9. The highest BCUT2D eigenvalue weighted by Gasteiger charge is 2.26. The second kappa shape index (κ2) is 8.27. The third kappa shape index (κ3) is 3.91. The van der Waals surface area contributed by atoms with Crippen LogP contribution in [0.5, 0.6) is 0 Å². The van der Waals surface area contributed by atoms with Crippen LogP contribution in [0.4, 0.5) is 0 Å². The van der Waals surface area contributed by atoms with Crippen molar-refractivity contribution >= 4 is 34.3 Å². The van der Waals surface area contributed by atoms with Gasteiger partial charge in [0.15, 0.2) is 5.65 Å². The number of hydrogen-bond acceptors (Lipinski definition) is 6. The zero-order chi connectivity index (χ0) is 21.2. The van der Waals surface area contributed by atoms with Crippen molar-refractivity contribution in [1.82, 2.24) is 29.3 Å². The highest BCUT2D eigenvalue weighted by molar-refractivity contribution is 7.12. The predicted octanol–water partition coefficient (Wildman–Crippen LogP) is 2.53. The molecule has 0 N–H and O–H groups in total. The summed E-state index contributed by atoms with van der Waals surface area (Å²) in [4.78, 5) is 43.0. The summed E-state index contributed by atoms with van der Waals surface area (Å²) in [6.07, 6.45) is 5.08. The van der Waals surface area contributed by atoms with Crippen molar-refractivity contribution in [3.05, 3.63) is 76.6 Å². The van der Waals surface area contributed by atoms with Crippen LogP contribution in [0.1, 0.15) is 25.7 Å². The van der Waals surface area contributed by atoms with Crippen LogP contribution in [0.15, 0.2) is 60.5 Å². The maximum Gasteiger partial charge on any atom is 0.264 e. The minimum atomic E-state index is -0.0862. The topological polar surface area (TPSA) is 84.2 Å². The number of piperazine rings is 1. The van der Waals surface area contributed by atoms with Crippen molar-refractivity contribution < 1.29 is 9.59 Å². The Hall–Kier alpha value is -3.59. The maximum atomic E-state index is 13.0. The monoisotopic (exact) mass is 432 g/mol. The molecule has 9 heteroatoms. The fraction of sp³-hybridized carbons (Fsp3) is 0.227. The molecule has 1 fully saturated rings. The fourth-order valence-corrected chi connectivity index (χ4v) is 4.39. The van der Waals surface area contributed by atoms with Crippen molar-refractivity contribution in [2.24, 2.45) is 0 Å². The van der Waals surface area contributed by atoms with E-state index >= 15 is 0 Å². The first-order chi connectivity index (χ1) is 15.2. The van der Waals surface area contributed by atoms with E-state index in [0.717, 1.165) is 10.6 Å². The molecule has 1 aliphatic heterocycles. The minimum absolute atomic E-state index is 0.0311. The number of fused-ring (bicyclic) bond motifs is 1. The van der Waals surface area contributed by atoms with Crippen molar-refractivity contribution in [1.29, 1.82) is 0 Å². The van der Waals surface area contributed by atoms with E-state index in [1.165, 1.54) is 11.3 Å². The lowest BCUT2D eigenvalue weighted by molar-refractivity contribution is 0.0538. The largest absolute Gasteiger partial charge is 0.335 e. The number of rotatable bonds is 4. The maximum absolute atomic E-state index is 13.0. The molecule has 0 unspecified atom stereocenters. The van der Waals surface area contributed by atoms with E-state index in [1.54, 1.807) is 34.6 Å². The van der Waals surface area contributed by atoms with Gasteiger partial charge in [0.05, 0.1) is 29.0 Å². The molecular weight excluding hydrogens is 412 g/mol. The molecule has 0 saturated carbocycles. The molecule has 0 spiro atoms. The van der Waals surface area contributed by atoms with Crippen LogP contribution < -0.4 is 0 Å². The molecule has 0 radical (unpaired) electrons. The standard InChI is InChI=1S/C22H20N6O2S/c29-21(26-7-9-27(10-8-26)22(30)19-5-3-11-31-19)16-12-18-20(24-13-16)28(15-25-18)14-17-4-1-2-6-23-17/h1-6,11-13,15H,7-10,14H2. The number of imidazole rings is 1. The number of thiophene rings is 1. The Morgan fingerprint density at radius 3 is 2.45 bits per heavy atom. The normalized spacial score (nSPS) is 14.2. The minimum Gasteiger partial charge on any atom is -0.335 e. The number of carbonyl (C=O) groups excluding carboxylic acids is 2. The number of aromatic nitrogens is 4. The van der Waals surface area contributed by atoms with E-state index in [0.29, 0.717) is 49.5 Å². The molecule has 0 aliphatic carbocycles. The van der Waals surface area contributed by atoms with Gasteiger partial charge in [-0.2, -0.15) is 0 Å². The summed E-state index contributed by atoms with van der Waals surface area (Å²) >= 11 is 1.44. The van der Waals surface area contributed by atoms with E-state index in [2.05, 4.69) is 15.0 Å². The quantitative estimate of drug-likeness (QED) is 0.495. The number of carbonyl (C=O) groups is 2. The molecule has 31 heavy (non-hydrogen) atoms. The average Bonchev–Trinajstić information content (AvgIpc) is 3.49. The van der Waals surface area contributed by atoms with Crippen LogP contribution in [-0.2, 0) is 6.54 Å². The van der Waals surface area contributed by atoms with Gasteiger partial charge in [0.25, 0.3) is 11.8 Å². The van der Waals surface area contributed by atoms with Crippen LogP contribution in [0, 0.1) is 0 Å². The molecular formula is C22H20N6O2S. The second-order valence-electron chi connectivity index (χ2n) is 7.32. The van der Waals surface area contributed by atoms with Crippen LogP contribution in [0.2, 0.25) is 0 Å². The lowest BCUT2D eigenvalue weighted by Crippen LogP contribution is -2.50. The Kier molecular flexibility index (Phi) is 5.17. The summed E-state index contributed by atoms with van der Waals surface area (Å²) in [6.45, 7) is 2.62. The van der Waals surface area contributed by atoms with Gasteiger partial charge in [0.1, 0.15) is 5.52 Å². The highest BCUT2D eigenvalue weighted by atomic mass is 32.1. The van der Waals surface area contributed by atoms with E-state index < -0.39 is 0 Å². The van der Waals surface area contributed by atoms with Crippen molar-refractivity contribution in [3.8, 4) is 0 Å². The van der Waals surface area contributed by atoms with Crippen LogP contribution in [0.3, 0.4) is 0 Å². The molecule has 156 valence electrons. The van der Waals surface area contributed by atoms with Crippen molar-refractivity contribution in [2.45, 2.75) is 6.54 Å². The lowest BCUT2D eigenvalue weighted by atomic mass is 10.2. The molecule has 0 atom stereocenters. The van der Waals surface area contributed by atoms with Gasteiger partial charge in [-0.25, -0.2) is 9.97 Å². The van der Waals surface area contributed by atoms with Gasteiger partial charge < -0.3 is 14.4 Å². The van der Waals surface area contributed by atoms with Crippen molar-refractivity contribution in [2.75, 3.05) is 26.2 Å². The number of pyridine rings is 2. The summed E-state index contributed by atoms with van der Waals surface area (Å²) in [6, 6.07) is 11.3. The van der Waals surface area contributed by atoms with E-state index in [9.17, 15) is 9.59 Å². The number of amides is 2. The summed E-state index contributed by atoms with van der Waals surface area (Å²) in [5, 5.41) is 1.90. The Bertz CT molecular complexity index is 1210. The Morgan fingerprint density at radius 2 is 1.74 bits per heavy atom. The van der Waals surface area contributed by atoms with Crippen LogP contribution in [0.25, 0.3) is 11.2 Å². The molecule has 1 saturated heterocycles. The van der Waals surface area contributed by atoms with Gasteiger partial charge in [-0.3, -0.25) is 14.6 Å². The highest BCUT2D eigenvalue weighted by Crippen LogP contribution is 2.17. The molecule has 0 bridgehead atoms. The zero-order valence-corrected chi connectivity index (χ0v) is 17.5. The smallest absolute Gasteiger partial charge is 0.264 e. The van der Waals surface area contributed by atoms with Gasteiger partial charge in [-0.15, -0.1) is 11.3 Å². The molecule has 5 rings (SSSR count). The third-order valence-corrected chi connectivity index (χ3v) is 6.20. The SMILES string of the molecule is O=C(c1cnc2c(c1)ncn2Cc1ccccn1)N1CCN(C(=O)c2cccs2)CC1. The first kappa shape index (κ1) is 19.4. The number of hydrogen-bond donors (Lipinski definition) is 0. The lowest BCUT2D eigenvalue weighted by Gasteiger charge is -2.34. The summed E-state index contributed by atoms with van der Waals surface area (Å²) in [5.74, 6) is -0.0551. The summed E-state index contributed by atoms with van der Waals surface area (Å²) in [7, 11) is 0. The van der Waals surface area contributed by atoms with E-state index in [1.807, 2.05) is 40.3 Å². The van der Waals surface area contributed by atoms with E-state index in [4.69, 9.17) is 0 Å². The third-order valence-electron chi connectivity index (χ3n) is 5.35. The predicted molar refractivity (Wildman–Crippen MR) is 117 cm³/mol. The van der Waals surface area contributed by atoms with Gasteiger partial charge in [-0.05, 0) is 29.6 Å². The zero-order valence-electron chi connectivity index (χ0n) is 16.7. The molecule has 4 aromatic rings. The Morgan fingerprint density at radius 1 is 0.935 bits per heavy atom. The van der Waals surface area contributed by atoms with Crippen LogP contribution >= 0.6 is 11.3 Å². The molecule has 1 aliphatic rings. The summed E-state index contributed by atoms with van der Waals surface area (Å²) in [5.41, 5.74) is 2.81. The average molecular weight is 433 g/mol. The Balaban J connectivity index is 1.27. The van der Waals surface area contributed by atoms with Gasteiger partial charge >= 0.3 is 0 Å². The van der Waals surface area contributed by atoms with Crippen LogP contribution in [-0.4, -0.2) is 67.3 Å². The van der Waals surface area contributed by atoms with Gasteiger partial charge in [-0.1, -0.05) is 12.1 Å². The first-order valence-electron chi connectivity index (χ1n) is 10.0. The van der Waals surface area contributed by atoms with Crippen molar-refractivity contribution in [3.63, 3.8) is 0 Å². The molecule has 2 amide bonds. The molecule has 8 nitrogen and oxygen atoms in total. The summed E-state index contributed by atoms with van der Waals surface area (Å²) < 4.78 is 1.92. The van der Waals surface area contributed by atoms with Gasteiger partial charge in [0.2, 0.25) is 0 Å². The molecule has 5 heterocycles. The number of nitrogens with zero attached hydrogens (tertiary/aromatic N) is 6. The molecule has 0 aromatic carbocycles. The van der Waals surface area contributed by atoms with E-state index in [-0.39, 0.29) is 11.8 Å². The second-order valence-corrected chi connectivity index (χ2v) is 8.27. The Labute approximate surface area is 182 Å². The molecule has 4 aromatic heterocycles.